The van der Waals surface area contributed by atoms with Crippen LogP contribution in [-0.4, -0.2) is 30.4 Å². The van der Waals surface area contributed by atoms with Crippen molar-refractivity contribution in [3.8, 4) is 0 Å². The fraction of sp³-hybridized carbons (Fsp3) is 0.167. The summed E-state index contributed by atoms with van der Waals surface area (Å²) in [5, 5.41) is 3.02. The van der Waals surface area contributed by atoms with Gasteiger partial charge in [-0.2, -0.15) is 0 Å². The number of aromatic nitrogens is 1. The van der Waals surface area contributed by atoms with Crippen LogP contribution in [-0.2, 0) is 4.79 Å². The first kappa shape index (κ1) is 17.9. The molecule has 0 fully saturated rings. The van der Waals surface area contributed by atoms with E-state index < -0.39 is 17.5 Å². The molecule has 26 heavy (non-hydrogen) atoms. The van der Waals surface area contributed by atoms with Gasteiger partial charge >= 0.3 is 0 Å². The van der Waals surface area contributed by atoms with Gasteiger partial charge in [0.1, 0.15) is 11.6 Å². The van der Waals surface area contributed by atoms with Gasteiger partial charge in [0, 0.05) is 26.1 Å². The lowest BCUT2D eigenvalue weighted by Crippen LogP contribution is -2.32. The van der Waals surface area contributed by atoms with Crippen molar-refractivity contribution in [2.24, 2.45) is 0 Å². The SMILES string of the molecule is CN(C(=O)CCNC(=O)c1ccc(F)cc1F)c1nc2ccccc2s1. The van der Waals surface area contributed by atoms with Crippen LogP contribution in [0.15, 0.2) is 42.5 Å². The van der Waals surface area contributed by atoms with Gasteiger partial charge in [0.25, 0.3) is 5.91 Å². The minimum absolute atomic E-state index is 0.0287. The number of hydrogen-bond donors (Lipinski definition) is 1. The molecule has 0 aliphatic rings. The number of para-hydroxylation sites is 1. The summed E-state index contributed by atoms with van der Waals surface area (Å²) in [6, 6.07) is 10.3. The number of halogens is 2. The number of rotatable bonds is 5. The second-order valence-corrected chi connectivity index (χ2v) is 6.56. The summed E-state index contributed by atoms with van der Waals surface area (Å²) in [6.07, 6.45) is 0.0287. The highest BCUT2D eigenvalue weighted by atomic mass is 32.1. The summed E-state index contributed by atoms with van der Waals surface area (Å²) in [7, 11) is 1.61. The van der Waals surface area contributed by atoms with Crippen LogP contribution in [0.3, 0.4) is 0 Å². The first-order chi connectivity index (χ1) is 12.5. The van der Waals surface area contributed by atoms with Crippen LogP contribution in [0.2, 0.25) is 0 Å². The quantitative estimate of drug-likeness (QED) is 0.744. The molecule has 0 saturated heterocycles. The van der Waals surface area contributed by atoms with Crippen LogP contribution in [0.4, 0.5) is 13.9 Å². The molecule has 2 aromatic carbocycles. The molecule has 0 bridgehead atoms. The second kappa shape index (κ2) is 7.57. The molecule has 3 rings (SSSR count). The molecule has 0 spiro atoms. The van der Waals surface area contributed by atoms with Gasteiger partial charge < -0.3 is 5.32 Å². The van der Waals surface area contributed by atoms with Crippen LogP contribution < -0.4 is 10.2 Å². The number of amides is 2. The Bertz CT molecular complexity index is 941. The van der Waals surface area contributed by atoms with E-state index in [9.17, 15) is 18.4 Å². The molecular weight excluding hydrogens is 360 g/mol. The van der Waals surface area contributed by atoms with Crippen LogP contribution in [0.1, 0.15) is 16.8 Å². The minimum atomic E-state index is -0.944. The second-order valence-electron chi connectivity index (χ2n) is 5.55. The first-order valence-corrected chi connectivity index (χ1v) is 8.63. The van der Waals surface area contributed by atoms with E-state index in [0.717, 1.165) is 22.3 Å². The summed E-state index contributed by atoms with van der Waals surface area (Å²) >= 11 is 1.40. The number of carbonyl (C=O) groups is 2. The van der Waals surface area contributed by atoms with E-state index in [-0.39, 0.29) is 24.4 Å². The maximum Gasteiger partial charge on any atom is 0.254 e. The number of hydrogen-bond acceptors (Lipinski definition) is 4. The number of thiazole rings is 1. The van der Waals surface area contributed by atoms with E-state index in [2.05, 4.69) is 10.3 Å². The number of nitrogens with one attached hydrogen (secondary N) is 1. The molecule has 2 amide bonds. The lowest BCUT2D eigenvalue weighted by atomic mass is 10.2. The predicted octanol–water partition coefficient (Wildman–Crippen LogP) is 3.36. The molecule has 1 aromatic heterocycles. The number of fused-ring (bicyclic) bond motifs is 1. The summed E-state index contributed by atoms with van der Waals surface area (Å²) in [5.74, 6) is -2.63. The van der Waals surface area contributed by atoms with Gasteiger partial charge in [0.2, 0.25) is 5.91 Å². The van der Waals surface area contributed by atoms with Crippen LogP contribution in [0.5, 0.6) is 0 Å². The van der Waals surface area contributed by atoms with Gasteiger partial charge in [-0.25, -0.2) is 13.8 Å². The molecule has 0 unspecified atom stereocenters. The maximum absolute atomic E-state index is 13.6. The topological polar surface area (TPSA) is 62.3 Å². The molecule has 134 valence electrons. The van der Waals surface area contributed by atoms with E-state index in [1.807, 2.05) is 24.3 Å². The number of benzene rings is 2. The predicted molar refractivity (Wildman–Crippen MR) is 96.3 cm³/mol. The van der Waals surface area contributed by atoms with Crippen molar-refractivity contribution in [2.45, 2.75) is 6.42 Å². The van der Waals surface area contributed by atoms with Gasteiger partial charge in [0.05, 0.1) is 15.8 Å². The van der Waals surface area contributed by atoms with E-state index in [1.165, 1.54) is 16.2 Å². The van der Waals surface area contributed by atoms with Crippen molar-refractivity contribution in [3.05, 3.63) is 59.7 Å². The zero-order valence-electron chi connectivity index (χ0n) is 13.8. The smallest absolute Gasteiger partial charge is 0.254 e. The van der Waals surface area contributed by atoms with Crippen LogP contribution in [0, 0.1) is 11.6 Å². The standard InChI is InChI=1S/C18H15F2N3O2S/c1-23(18-22-14-4-2-3-5-15(14)26-18)16(24)8-9-21-17(25)12-7-6-11(19)10-13(12)20/h2-7,10H,8-9H2,1H3,(H,21,25). The van der Waals surface area contributed by atoms with Crippen molar-refractivity contribution in [1.29, 1.82) is 0 Å². The van der Waals surface area contributed by atoms with Gasteiger partial charge in [0.15, 0.2) is 5.13 Å². The Balaban J connectivity index is 1.57. The highest BCUT2D eigenvalue weighted by Gasteiger charge is 2.16. The molecule has 3 aromatic rings. The molecule has 0 aliphatic heterocycles. The fourth-order valence-electron chi connectivity index (χ4n) is 2.33. The number of anilines is 1. The van der Waals surface area contributed by atoms with E-state index >= 15 is 0 Å². The molecule has 0 radical (unpaired) electrons. The Hall–Kier alpha value is -2.87. The van der Waals surface area contributed by atoms with Gasteiger partial charge in [-0.3, -0.25) is 14.5 Å². The van der Waals surface area contributed by atoms with Gasteiger partial charge in [-0.05, 0) is 24.3 Å². The molecular formula is C18H15F2N3O2S. The highest BCUT2D eigenvalue weighted by molar-refractivity contribution is 7.22. The molecule has 8 heteroatoms. The first-order valence-electron chi connectivity index (χ1n) is 7.81. The van der Waals surface area contributed by atoms with Crippen molar-refractivity contribution < 1.29 is 18.4 Å². The Morgan fingerprint density at radius 3 is 2.69 bits per heavy atom. The van der Waals surface area contributed by atoms with Gasteiger partial charge in [-0.15, -0.1) is 0 Å². The minimum Gasteiger partial charge on any atom is -0.351 e. The third-order valence-corrected chi connectivity index (χ3v) is 4.86. The van der Waals surface area contributed by atoms with Gasteiger partial charge in [-0.1, -0.05) is 23.5 Å². The van der Waals surface area contributed by atoms with E-state index in [4.69, 9.17) is 0 Å². The third-order valence-electron chi connectivity index (χ3n) is 3.74. The highest BCUT2D eigenvalue weighted by Crippen LogP contribution is 2.27. The number of carbonyl (C=O) groups excluding carboxylic acids is 2. The van der Waals surface area contributed by atoms with Crippen molar-refractivity contribution in [3.63, 3.8) is 0 Å². The largest absolute Gasteiger partial charge is 0.351 e. The molecule has 5 nitrogen and oxygen atoms in total. The maximum atomic E-state index is 13.6. The average Bonchev–Trinajstić information content (AvgIpc) is 3.04. The molecule has 0 aliphatic carbocycles. The van der Waals surface area contributed by atoms with E-state index in [1.54, 1.807) is 7.05 Å². The monoisotopic (exact) mass is 375 g/mol. The lowest BCUT2D eigenvalue weighted by Gasteiger charge is -2.14. The summed E-state index contributed by atoms with van der Waals surface area (Å²) in [4.78, 5) is 30.0. The zero-order valence-corrected chi connectivity index (χ0v) is 14.6. The Morgan fingerprint density at radius 1 is 1.19 bits per heavy atom. The lowest BCUT2D eigenvalue weighted by molar-refractivity contribution is -0.118. The third kappa shape index (κ3) is 3.85. The van der Waals surface area contributed by atoms with Crippen molar-refractivity contribution in [1.82, 2.24) is 10.3 Å². The summed E-state index contributed by atoms with van der Waals surface area (Å²) in [6.45, 7) is 0.0315. The Morgan fingerprint density at radius 2 is 1.96 bits per heavy atom. The molecule has 0 saturated carbocycles. The van der Waals surface area contributed by atoms with Crippen LogP contribution >= 0.6 is 11.3 Å². The Kier molecular flexibility index (Phi) is 5.22. The van der Waals surface area contributed by atoms with Crippen molar-refractivity contribution in [2.75, 3.05) is 18.5 Å². The Labute approximate surface area is 152 Å². The number of nitrogens with zero attached hydrogens (tertiary/aromatic N) is 2. The van der Waals surface area contributed by atoms with Crippen molar-refractivity contribution >= 4 is 38.5 Å². The molecule has 1 heterocycles. The van der Waals surface area contributed by atoms with Crippen LogP contribution in [0.25, 0.3) is 10.2 Å². The summed E-state index contributed by atoms with van der Waals surface area (Å²) < 4.78 is 27.4. The zero-order chi connectivity index (χ0) is 18.7. The average molecular weight is 375 g/mol. The normalized spacial score (nSPS) is 10.7. The summed E-state index contributed by atoms with van der Waals surface area (Å²) in [5.41, 5.74) is 0.547. The fourth-order valence-corrected chi connectivity index (χ4v) is 3.27. The van der Waals surface area contributed by atoms with E-state index in [0.29, 0.717) is 11.2 Å². The molecule has 0 atom stereocenters. The molecule has 1 N–H and O–H groups in total.